The minimum Gasteiger partial charge on any atom is -0.481 e. The summed E-state index contributed by atoms with van der Waals surface area (Å²) in [6.07, 6.45) is 0. The minimum absolute atomic E-state index is 0.341. The average molecular weight is 317 g/mol. The highest BCUT2D eigenvalue weighted by Gasteiger charge is 2.38. The quantitative estimate of drug-likeness (QED) is 0.941. The Bertz CT molecular complexity index is 705. The lowest BCUT2D eigenvalue weighted by atomic mass is 9.89. The molecule has 1 N–H and O–H groups in total. The number of carbonyl (C=O) groups is 1. The summed E-state index contributed by atoms with van der Waals surface area (Å²) in [5.74, 6) is -3.72. The van der Waals surface area contributed by atoms with Crippen LogP contribution in [0.2, 0.25) is 0 Å². The fourth-order valence-electron chi connectivity index (χ4n) is 3.19. The number of halogens is 2. The molecule has 0 radical (unpaired) electrons. The Labute approximate surface area is 133 Å². The van der Waals surface area contributed by atoms with E-state index < -0.39 is 23.5 Å². The van der Waals surface area contributed by atoms with Crippen molar-refractivity contribution >= 4 is 5.97 Å². The molecule has 2 aromatic carbocycles. The number of hydrogen-bond donors (Lipinski definition) is 1. The molecule has 0 saturated carbocycles. The van der Waals surface area contributed by atoms with Crippen molar-refractivity contribution < 1.29 is 18.7 Å². The third-order valence-corrected chi connectivity index (χ3v) is 4.33. The summed E-state index contributed by atoms with van der Waals surface area (Å²) in [6.45, 7) is 1.55. The second-order valence-corrected chi connectivity index (χ2v) is 5.90. The monoisotopic (exact) mass is 317 g/mol. The zero-order chi connectivity index (χ0) is 16.4. The number of carboxylic acids is 1. The number of hydrogen-bond acceptors (Lipinski definition) is 2. The number of benzene rings is 2. The van der Waals surface area contributed by atoms with Crippen molar-refractivity contribution in [2.45, 2.75) is 12.5 Å². The summed E-state index contributed by atoms with van der Waals surface area (Å²) in [5, 5.41) is 9.46. The lowest BCUT2D eigenvalue weighted by Crippen LogP contribution is -2.23. The fourth-order valence-corrected chi connectivity index (χ4v) is 3.19. The van der Waals surface area contributed by atoms with E-state index in [-0.39, 0.29) is 5.92 Å². The zero-order valence-electron chi connectivity index (χ0n) is 12.5. The minimum atomic E-state index is -0.937. The molecule has 2 atom stereocenters. The SMILES string of the molecule is O=C(O)[C@@H]1CN(Cc2ccccc2)C[C@H]1c1ccc(F)c(F)c1. The third kappa shape index (κ3) is 3.40. The number of carboxylic acid groups (broad SMARTS) is 1. The molecule has 0 aromatic heterocycles. The van der Waals surface area contributed by atoms with E-state index in [4.69, 9.17) is 0 Å². The van der Waals surface area contributed by atoms with Crippen LogP contribution in [0.4, 0.5) is 8.78 Å². The van der Waals surface area contributed by atoms with Gasteiger partial charge in [-0.1, -0.05) is 36.4 Å². The molecule has 0 aliphatic carbocycles. The molecule has 1 aliphatic heterocycles. The van der Waals surface area contributed by atoms with Crippen LogP contribution < -0.4 is 0 Å². The van der Waals surface area contributed by atoms with Gasteiger partial charge in [-0.3, -0.25) is 9.69 Å². The van der Waals surface area contributed by atoms with Gasteiger partial charge in [-0.05, 0) is 23.3 Å². The highest BCUT2D eigenvalue weighted by molar-refractivity contribution is 5.72. The van der Waals surface area contributed by atoms with Gasteiger partial charge in [-0.2, -0.15) is 0 Å². The topological polar surface area (TPSA) is 40.5 Å². The molecule has 0 unspecified atom stereocenters. The predicted molar refractivity (Wildman–Crippen MR) is 81.9 cm³/mol. The summed E-state index contributed by atoms with van der Waals surface area (Å²) in [4.78, 5) is 13.6. The summed E-state index contributed by atoms with van der Waals surface area (Å²) >= 11 is 0. The van der Waals surface area contributed by atoms with Crippen LogP contribution in [0.15, 0.2) is 48.5 Å². The lowest BCUT2D eigenvalue weighted by Gasteiger charge is -2.16. The average Bonchev–Trinajstić information content (AvgIpc) is 2.95. The molecule has 120 valence electrons. The third-order valence-electron chi connectivity index (χ3n) is 4.33. The number of likely N-dealkylation sites (tertiary alicyclic amines) is 1. The van der Waals surface area contributed by atoms with Crippen molar-refractivity contribution in [3.8, 4) is 0 Å². The van der Waals surface area contributed by atoms with Crippen LogP contribution in [0, 0.1) is 17.6 Å². The van der Waals surface area contributed by atoms with Gasteiger partial charge in [0.1, 0.15) is 0 Å². The molecule has 0 amide bonds. The van der Waals surface area contributed by atoms with Gasteiger partial charge in [0, 0.05) is 25.6 Å². The second-order valence-electron chi connectivity index (χ2n) is 5.90. The van der Waals surface area contributed by atoms with E-state index in [1.807, 2.05) is 35.2 Å². The highest BCUT2D eigenvalue weighted by Crippen LogP contribution is 2.34. The van der Waals surface area contributed by atoms with E-state index in [0.29, 0.717) is 25.2 Å². The second kappa shape index (κ2) is 6.46. The smallest absolute Gasteiger partial charge is 0.308 e. The molecule has 2 aromatic rings. The molecule has 0 bridgehead atoms. The molecule has 0 spiro atoms. The van der Waals surface area contributed by atoms with Crippen molar-refractivity contribution in [2.75, 3.05) is 13.1 Å². The summed E-state index contributed by atoms with van der Waals surface area (Å²) in [7, 11) is 0. The summed E-state index contributed by atoms with van der Waals surface area (Å²) < 4.78 is 26.6. The van der Waals surface area contributed by atoms with Crippen LogP contribution in [0.25, 0.3) is 0 Å². The highest BCUT2D eigenvalue weighted by atomic mass is 19.2. The number of aliphatic carboxylic acids is 1. The van der Waals surface area contributed by atoms with Crippen molar-refractivity contribution in [3.05, 3.63) is 71.3 Å². The molecular formula is C18H17F2NO2. The van der Waals surface area contributed by atoms with E-state index in [1.165, 1.54) is 6.07 Å². The maximum atomic E-state index is 13.5. The van der Waals surface area contributed by atoms with Gasteiger partial charge < -0.3 is 5.11 Å². The number of rotatable bonds is 4. The Balaban J connectivity index is 1.81. The molecule has 5 heteroatoms. The molecule has 3 nitrogen and oxygen atoms in total. The zero-order valence-corrected chi connectivity index (χ0v) is 12.5. The molecule has 1 saturated heterocycles. The van der Waals surface area contributed by atoms with Crippen molar-refractivity contribution in [2.24, 2.45) is 5.92 Å². The van der Waals surface area contributed by atoms with Gasteiger partial charge in [0.2, 0.25) is 0 Å². The van der Waals surface area contributed by atoms with Gasteiger partial charge in [0.25, 0.3) is 0 Å². The van der Waals surface area contributed by atoms with Crippen LogP contribution in [0.1, 0.15) is 17.0 Å². The van der Waals surface area contributed by atoms with Crippen molar-refractivity contribution in [1.29, 1.82) is 0 Å². The van der Waals surface area contributed by atoms with E-state index in [2.05, 4.69) is 0 Å². The Morgan fingerprint density at radius 2 is 1.83 bits per heavy atom. The Kier molecular flexibility index (Phi) is 4.39. The van der Waals surface area contributed by atoms with Crippen LogP contribution in [-0.2, 0) is 11.3 Å². The first kappa shape index (κ1) is 15.6. The van der Waals surface area contributed by atoms with Crippen LogP contribution in [0.3, 0.4) is 0 Å². The van der Waals surface area contributed by atoms with Crippen LogP contribution in [0.5, 0.6) is 0 Å². The lowest BCUT2D eigenvalue weighted by molar-refractivity contribution is -0.141. The van der Waals surface area contributed by atoms with E-state index in [9.17, 15) is 18.7 Å². The maximum Gasteiger partial charge on any atom is 0.308 e. The van der Waals surface area contributed by atoms with E-state index in [1.54, 1.807) is 0 Å². The standard InChI is InChI=1S/C18H17F2NO2/c19-16-7-6-13(8-17(16)20)14-10-21(11-15(14)18(22)23)9-12-4-2-1-3-5-12/h1-8,14-15H,9-11H2,(H,22,23)/t14-,15+/m0/s1. The molecule has 1 heterocycles. The summed E-state index contributed by atoms with van der Waals surface area (Å²) in [5.41, 5.74) is 1.63. The van der Waals surface area contributed by atoms with Crippen LogP contribution >= 0.6 is 0 Å². The largest absolute Gasteiger partial charge is 0.481 e. The van der Waals surface area contributed by atoms with Gasteiger partial charge in [-0.25, -0.2) is 8.78 Å². The summed E-state index contributed by atoms with van der Waals surface area (Å²) in [6, 6.07) is 13.4. The van der Waals surface area contributed by atoms with Gasteiger partial charge in [0.05, 0.1) is 5.92 Å². The first-order valence-electron chi connectivity index (χ1n) is 7.48. The van der Waals surface area contributed by atoms with Crippen molar-refractivity contribution in [3.63, 3.8) is 0 Å². The molecular weight excluding hydrogens is 300 g/mol. The number of nitrogens with zero attached hydrogens (tertiary/aromatic N) is 1. The van der Waals surface area contributed by atoms with Gasteiger partial charge in [-0.15, -0.1) is 0 Å². The normalized spacial score (nSPS) is 21.5. The first-order chi connectivity index (χ1) is 11.0. The Morgan fingerprint density at radius 3 is 2.48 bits per heavy atom. The van der Waals surface area contributed by atoms with Gasteiger partial charge in [0.15, 0.2) is 11.6 Å². The molecule has 3 rings (SSSR count). The van der Waals surface area contributed by atoms with Crippen LogP contribution in [-0.4, -0.2) is 29.1 Å². The predicted octanol–water partition coefficient (Wildman–Crippen LogP) is 3.27. The maximum absolute atomic E-state index is 13.5. The van der Waals surface area contributed by atoms with Gasteiger partial charge >= 0.3 is 5.97 Å². The first-order valence-corrected chi connectivity index (χ1v) is 7.48. The van der Waals surface area contributed by atoms with Crippen molar-refractivity contribution in [1.82, 2.24) is 4.90 Å². The Morgan fingerprint density at radius 1 is 1.09 bits per heavy atom. The van der Waals surface area contributed by atoms with E-state index in [0.717, 1.165) is 17.7 Å². The molecule has 23 heavy (non-hydrogen) atoms. The fraction of sp³-hybridized carbons (Fsp3) is 0.278. The van der Waals surface area contributed by atoms with E-state index >= 15 is 0 Å². The Hall–Kier alpha value is -2.27. The molecule has 1 aliphatic rings. The molecule has 1 fully saturated rings.